The lowest BCUT2D eigenvalue weighted by atomic mass is 10.2. The van der Waals surface area contributed by atoms with Gasteiger partial charge in [-0.3, -0.25) is 9.59 Å². The Morgan fingerprint density at radius 2 is 1.91 bits per heavy atom. The van der Waals surface area contributed by atoms with Gasteiger partial charge in [-0.05, 0) is 12.1 Å². The number of benzene rings is 1. The molecule has 6 nitrogen and oxygen atoms in total. The van der Waals surface area contributed by atoms with Gasteiger partial charge in [0.05, 0.1) is 18.7 Å². The minimum atomic E-state index is -0.259. The zero-order valence-corrected chi connectivity index (χ0v) is 12.8. The first-order valence-electron chi connectivity index (χ1n) is 7.73. The molecule has 1 fully saturated rings. The molecule has 2 aromatic rings. The molecule has 0 radical (unpaired) electrons. The van der Waals surface area contributed by atoms with Gasteiger partial charge in [0.25, 0.3) is 5.91 Å². The smallest absolute Gasteiger partial charge is 0.269 e. The van der Waals surface area contributed by atoms with Gasteiger partial charge in [-0.1, -0.05) is 24.3 Å². The quantitative estimate of drug-likeness (QED) is 0.921. The van der Waals surface area contributed by atoms with Crippen LogP contribution in [0.3, 0.4) is 0 Å². The number of carbonyl (C=O) groups excluding carboxylic acids is 2. The van der Waals surface area contributed by atoms with Crippen LogP contribution in [-0.2, 0) is 9.53 Å². The summed E-state index contributed by atoms with van der Waals surface area (Å²) in [5, 5.41) is 3.75. The number of amides is 2. The van der Waals surface area contributed by atoms with E-state index in [1.54, 1.807) is 11.0 Å². The van der Waals surface area contributed by atoms with Crippen molar-refractivity contribution in [1.29, 1.82) is 0 Å². The van der Waals surface area contributed by atoms with Gasteiger partial charge in [-0.15, -0.1) is 0 Å². The van der Waals surface area contributed by atoms with E-state index in [1.807, 2.05) is 30.3 Å². The van der Waals surface area contributed by atoms with Gasteiger partial charge in [0.15, 0.2) is 0 Å². The fourth-order valence-corrected chi connectivity index (χ4v) is 2.54. The Balaban J connectivity index is 1.53. The summed E-state index contributed by atoms with van der Waals surface area (Å²) in [6, 6.07) is 11.2. The molecular formula is C17H19N3O3. The first kappa shape index (κ1) is 15.4. The number of nitrogens with one attached hydrogen (secondary N) is 1. The summed E-state index contributed by atoms with van der Waals surface area (Å²) in [4.78, 5) is 30.2. The van der Waals surface area contributed by atoms with Gasteiger partial charge in [0.2, 0.25) is 5.91 Å². The number of hydrogen-bond donors (Lipinski definition) is 1. The number of rotatable bonds is 4. The van der Waals surface area contributed by atoms with Crippen molar-refractivity contribution in [2.24, 2.45) is 0 Å². The molecule has 1 N–H and O–H groups in total. The van der Waals surface area contributed by atoms with Crippen LogP contribution < -0.4 is 5.32 Å². The molecule has 3 rings (SSSR count). The molecule has 1 aromatic heterocycles. The van der Waals surface area contributed by atoms with Crippen molar-refractivity contribution in [2.75, 3.05) is 32.8 Å². The molecule has 0 spiro atoms. The van der Waals surface area contributed by atoms with Crippen LogP contribution >= 0.6 is 0 Å². The minimum Gasteiger partial charge on any atom is -0.378 e. The summed E-state index contributed by atoms with van der Waals surface area (Å²) >= 11 is 0. The molecule has 1 aliphatic heterocycles. The second-order valence-electron chi connectivity index (χ2n) is 5.39. The van der Waals surface area contributed by atoms with Crippen LogP contribution in [0, 0.1) is 0 Å². The third-order valence-corrected chi connectivity index (χ3v) is 3.82. The summed E-state index contributed by atoms with van der Waals surface area (Å²) in [7, 11) is 0. The highest BCUT2D eigenvalue weighted by molar-refractivity contribution is 5.95. The van der Waals surface area contributed by atoms with Crippen LogP contribution in [0.15, 0.2) is 36.4 Å². The molecule has 2 heterocycles. The predicted molar refractivity (Wildman–Crippen MR) is 86.1 cm³/mol. The molecule has 0 aliphatic carbocycles. The first-order valence-corrected chi connectivity index (χ1v) is 7.73. The topological polar surface area (TPSA) is 71.5 Å². The van der Waals surface area contributed by atoms with Crippen molar-refractivity contribution in [2.45, 2.75) is 6.42 Å². The summed E-state index contributed by atoms with van der Waals surface area (Å²) in [5.41, 5.74) is 1.15. The number of hydrogen-bond acceptors (Lipinski definition) is 4. The van der Waals surface area contributed by atoms with Crippen molar-refractivity contribution in [1.82, 2.24) is 15.2 Å². The summed E-state index contributed by atoms with van der Waals surface area (Å²) in [6.45, 7) is 2.72. The molecule has 6 heteroatoms. The second-order valence-corrected chi connectivity index (χ2v) is 5.39. The van der Waals surface area contributed by atoms with E-state index in [2.05, 4.69) is 10.3 Å². The number of pyridine rings is 1. The van der Waals surface area contributed by atoms with Crippen LogP contribution in [0.4, 0.5) is 0 Å². The maximum Gasteiger partial charge on any atom is 0.269 e. The largest absolute Gasteiger partial charge is 0.378 e. The van der Waals surface area contributed by atoms with Crippen LogP contribution in [0.1, 0.15) is 16.9 Å². The van der Waals surface area contributed by atoms with Gasteiger partial charge in [0, 0.05) is 31.4 Å². The number of carbonyl (C=O) groups is 2. The van der Waals surface area contributed by atoms with Gasteiger partial charge < -0.3 is 15.0 Å². The molecule has 1 aromatic carbocycles. The van der Waals surface area contributed by atoms with Crippen LogP contribution in [0.5, 0.6) is 0 Å². The Morgan fingerprint density at radius 1 is 1.13 bits per heavy atom. The van der Waals surface area contributed by atoms with E-state index >= 15 is 0 Å². The Labute approximate surface area is 134 Å². The molecule has 2 amide bonds. The summed E-state index contributed by atoms with van der Waals surface area (Å²) in [5.74, 6) is -0.217. The SMILES string of the molecule is O=C(NCCC(=O)N1CCOCC1)c1ccc2ccccc2n1. The fraction of sp³-hybridized carbons (Fsp3) is 0.353. The number of nitrogens with zero attached hydrogens (tertiary/aromatic N) is 2. The zero-order chi connectivity index (χ0) is 16.1. The zero-order valence-electron chi connectivity index (χ0n) is 12.8. The highest BCUT2D eigenvalue weighted by atomic mass is 16.5. The van der Waals surface area contributed by atoms with Crippen LogP contribution in [0.2, 0.25) is 0 Å². The average Bonchev–Trinajstić information content (AvgIpc) is 2.61. The molecule has 0 bridgehead atoms. The normalized spacial score (nSPS) is 14.7. The standard InChI is InChI=1S/C17H19N3O3/c21-16(20-9-11-23-12-10-20)7-8-18-17(22)15-6-5-13-3-1-2-4-14(13)19-15/h1-6H,7-12H2,(H,18,22). The Hall–Kier alpha value is -2.47. The van der Waals surface area contributed by atoms with Gasteiger partial charge in [-0.2, -0.15) is 0 Å². The van der Waals surface area contributed by atoms with E-state index in [0.717, 1.165) is 10.9 Å². The lowest BCUT2D eigenvalue weighted by Crippen LogP contribution is -2.42. The second kappa shape index (κ2) is 7.19. The molecule has 0 atom stereocenters. The fourth-order valence-electron chi connectivity index (χ4n) is 2.54. The molecule has 23 heavy (non-hydrogen) atoms. The predicted octanol–water partition coefficient (Wildman–Crippen LogP) is 1.21. The third-order valence-electron chi connectivity index (χ3n) is 3.82. The lowest BCUT2D eigenvalue weighted by Gasteiger charge is -2.26. The van der Waals surface area contributed by atoms with Crippen molar-refractivity contribution in [3.63, 3.8) is 0 Å². The van der Waals surface area contributed by atoms with E-state index in [9.17, 15) is 9.59 Å². The van der Waals surface area contributed by atoms with Gasteiger partial charge in [-0.25, -0.2) is 4.98 Å². The highest BCUT2D eigenvalue weighted by Gasteiger charge is 2.16. The maximum atomic E-state index is 12.1. The highest BCUT2D eigenvalue weighted by Crippen LogP contribution is 2.11. The number of para-hydroxylation sites is 1. The molecule has 120 valence electrons. The first-order chi connectivity index (χ1) is 11.2. The molecule has 1 aliphatic rings. The molecule has 1 saturated heterocycles. The van der Waals surface area contributed by atoms with E-state index in [0.29, 0.717) is 45.0 Å². The van der Waals surface area contributed by atoms with Crippen LogP contribution in [-0.4, -0.2) is 54.5 Å². The van der Waals surface area contributed by atoms with Crippen molar-refractivity contribution in [3.05, 3.63) is 42.1 Å². The number of ether oxygens (including phenoxy) is 1. The van der Waals surface area contributed by atoms with Crippen molar-refractivity contribution >= 4 is 22.7 Å². The minimum absolute atomic E-state index is 0.0417. The van der Waals surface area contributed by atoms with Crippen LogP contribution in [0.25, 0.3) is 10.9 Å². The Morgan fingerprint density at radius 3 is 2.74 bits per heavy atom. The third kappa shape index (κ3) is 3.84. The number of aromatic nitrogens is 1. The number of fused-ring (bicyclic) bond motifs is 1. The Bertz CT molecular complexity index is 711. The van der Waals surface area contributed by atoms with E-state index in [4.69, 9.17) is 4.74 Å². The van der Waals surface area contributed by atoms with E-state index < -0.39 is 0 Å². The van der Waals surface area contributed by atoms with Crippen molar-refractivity contribution < 1.29 is 14.3 Å². The Kier molecular flexibility index (Phi) is 4.83. The monoisotopic (exact) mass is 313 g/mol. The molecule has 0 unspecified atom stereocenters. The number of morpholine rings is 1. The lowest BCUT2D eigenvalue weighted by molar-refractivity contribution is -0.135. The maximum absolute atomic E-state index is 12.1. The molecular weight excluding hydrogens is 294 g/mol. The summed E-state index contributed by atoms with van der Waals surface area (Å²) in [6.07, 6.45) is 0.291. The molecule has 0 saturated carbocycles. The van der Waals surface area contributed by atoms with E-state index in [-0.39, 0.29) is 11.8 Å². The van der Waals surface area contributed by atoms with Crippen molar-refractivity contribution in [3.8, 4) is 0 Å². The summed E-state index contributed by atoms with van der Waals surface area (Å²) < 4.78 is 5.21. The average molecular weight is 313 g/mol. The van der Waals surface area contributed by atoms with E-state index in [1.165, 1.54) is 0 Å². The van der Waals surface area contributed by atoms with Gasteiger partial charge in [0.1, 0.15) is 5.69 Å². The van der Waals surface area contributed by atoms with Gasteiger partial charge >= 0.3 is 0 Å².